The van der Waals surface area contributed by atoms with Gasteiger partial charge in [-0.2, -0.15) is 0 Å². The molecule has 0 unspecified atom stereocenters. The molecule has 0 spiro atoms. The van der Waals surface area contributed by atoms with Crippen molar-refractivity contribution < 1.29 is 14.0 Å². The molecule has 1 aromatic rings. The number of rotatable bonds is 7. The molecule has 1 rings (SSSR count). The summed E-state index contributed by atoms with van der Waals surface area (Å²) in [6, 6.07) is 9.24. The zero-order chi connectivity index (χ0) is 20.2. The van der Waals surface area contributed by atoms with E-state index in [-0.39, 0.29) is 23.5 Å². The Bertz CT molecular complexity index is 625. The molecule has 0 saturated carbocycles. The molecule has 26 heavy (non-hydrogen) atoms. The first-order valence-electron chi connectivity index (χ1n) is 9.34. The van der Waals surface area contributed by atoms with Gasteiger partial charge in [0.05, 0.1) is 0 Å². The standard InChI is InChI=1S/C18H27O3Si.3CH3.Sn/c1-14(2)16(21-22(6,7)18(3,4)5)13-17(19)20-15-11-9-8-10-12-15;;;;/h1,8-12,16H,13H2,2-7H3;3*1H3;/t16-;;;;/m0..../s1. The number of hydrogen-bond acceptors (Lipinski definition) is 3. The SMILES string of the molecule is C/C(=[CH]/[Sn]([CH3])([CH3])[CH3])[C@H](CC(=O)Oc1ccccc1)O[Si](C)(C)C(C)(C)C. The summed E-state index contributed by atoms with van der Waals surface area (Å²) in [6.07, 6.45) is 0.0501. The first-order chi connectivity index (χ1) is 11.7. The third kappa shape index (κ3) is 7.97. The summed E-state index contributed by atoms with van der Waals surface area (Å²) >= 11 is -2.14. The Balaban J connectivity index is 3.00. The molecule has 0 radical (unpaired) electrons. The average Bonchev–Trinajstić information content (AvgIpc) is 2.44. The van der Waals surface area contributed by atoms with Gasteiger partial charge in [-0.05, 0) is 0 Å². The Kier molecular flexibility index (Phi) is 8.17. The molecule has 0 aliphatic rings. The third-order valence-electron chi connectivity index (χ3n) is 4.74. The second kappa shape index (κ2) is 9.06. The van der Waals surface area contributed by atoms with Crippen molar-refractivity contribution in [1.29, 1.82) is 0 Å². The molecule has 0 aliphatic carbocycles. The number of hydrogen-bond donors (Lipinski definition) is 0. The van der Waals surface area contributed by atoms with Gasteiger partial charge in [-0.25, -0.2) is 0 Å². The fraction of sp³-hybridized carbons (Fsp3) is 0.571. The van der Waals surface area contributed by atoms with Crippen molar-refractivity contribution in [3.05, 3.63) is 40.0 Å². The summed E-state index contributed by atoms with van der Waals surface area (Å²) in [5.41, 5.74) is 1.18. The zero-order valence-corrected chi connectivity index (χ0v) is 21.8. The molecule has 0 aromatic heterocycles. The van der Waals surface area contributed by atoms with Crippen molar-refractivity contribution in [2.45, 2.75) is 73.2 Å². The summed E-state index contributed by atoms with van der Waals surface area (Å²) < 4.78 is 14.5. The van der Waals surface area contributed by atoms with Gasteiger partial charge in [-0.3, -0.25) is 0 Å². The van der Waals surface area contributed by atoms with Crippen LogP contribution in [-0.2, 0) is 9.22 Å². The van der Waals surface area contributed by atoms with E-state index in [9.17, 15) is 4.79 Å². The maximum absolute atomic E-state index is 12.5. The zero-order valence-electron chi connectivity index (χ0n) is 18.0. The Labute approximate surface area is 165 Å². The first-order valence-corrected chi connectivity index (χ1v) is 22.5. The monoisotopic (exact) mass is 484 g/mol. The van der Waals surface area contributed by atoms with Gasteiger partial charge in [0.2, 0.25) is 0 Å². The molecule has 0 amide bonds. The number of benzene rings is 1. The van der Waals surface area contributed by atoms with Crippen molar-refractivity contribution in [3.8, 4) is 5.75 Å². The molecule has 0 saturated heterocycles. The predicted molar refractivity (Wildman–Crippen MR) is 116 cm³/mol. The summed E-state index contributed by atoms with van der Waals surface area (Å²) in [4.78, 5) is 19.6. The molecule has 0 heterocycles. The van der Waals surface area contributed by atoms with E-state index >= 15 is 0 Å². The van der Waals surface area contributed by atoms with Crippen molar-refractivity contribution in [2.24, 2.45) is 0 Å². The molecule has 3 nitrogen and oxygen atoms in total. The van der Waals surface area contributed by atoms with Gasteiger partial charge in [0.25, 0.3) is 0 Å². The van der Waals surface area contributed by atoms with E-state index in [1.54, 1.807) is 12.1 Å². The van der Waals surface area contributed by atoms with Crippen LogP contribution in [0.5, 0.6) is 5.75 Å². The van der Waals surface area contributed by atoms with Crippen LogP contribution in [0.4, 0.5) is 0 Å². The normalized spacial score (nSPS) is 14.9. The van der Waals surface area contributed by atoms with Gasteiger partial charge < -0.3 is 0 Å². The summed E-state index contributed by atoms with van der Waals surface area (Å²) in [5, 5.41) is 0.0971. The molecule has 0 N–H and O–H groups in total. The van der Waals surface area contributed by atoms with Gasteiger partial charge in [0, 0.05) is 0 Å². The molecule has 1 atom stereocenters. The van der Waals surface area contributed by atoms with E-state index in [4.69, 9.17) is 9.16 Å². The molecule has 0 aliphatic heterocycles. The summed E-state index contributed by atoms with van der Waals surface area (Å²) in [6.45, 7) is 13.2. The van der Waals surface area contributed by atoms with Crippen LogP contribution in [0.25, 0.3) is 0 Å². The Morgan fingerprint density at radius 2 is 1.69 bits per heavy atom. The molecular formula is C21H36O3SiSn. The number of esters is 1. The van der Waals surface area contributed by atoms with Gasteiger partial charge >= 0.3 is 166 Å². The molecule has 0 fully saturated rings. The topological polar surface area (TPSA) is 35.5 Å². The quantitative estimate of drug-likeness (QED) is 0.263. The van der Waals surface area contributed by atoms with Gasteiger partial charge in [-0.15, -0.1) is 0 Å². The van der Waals surface area contributed by atoms with Crippen LogP contribution >= 0.6 is 0 Å². The molecular weight excluding hydrogens is 447 g/mol. The van der Waals surface area contributed by atoms with Crippen molar-refractivity contribution in [3.63, 3.8) is 0 Å². The molecule has 1 aromatic carbocycles. The van der Waals surface area contributed by atoms with Crippen molar-refractivity contribution >= 4 is 32.7 Å². The van der Waals surface area contributed by atoms with E-state index < -0.39 is 26.7 Å². The second-order valence-corrected chi connectivity index (χ2v) is 28.7. The fourth-order valence-electron chi connectivity index (χ4n) is 2.42. The van der Waals surface area contributed by atoms with Crippen molar-refractivity contribution in [2.75, 3.05) is 0 Å². The van der Waals surface area contributed by atoms with Crippen LogP contribution in [0.15, 0.2) is 40.0 Å². The van der Waals surface area contributed by atoms with E-state index in [0.717, 1.165) is 0 Å². The molecule has 0 bridgehead atoms. The first kappa shape index (κ1) is 23.4. The number of ether oxygens (including phenoxy) is 1. The van der Waals surface area contributed by atoms with E-state index in [2.05, 4.69) is 59.7 Å². The minimum atomic E-state index is -2.14. The Morgan fingerprint density at radius 1 is 1.15 bits per heavy atom. The second-order valence-electron chi connectivity index (χ2n) is 9.61. The van der Waals surface area contributed by atoms with Crippen LogP contribution in [0.3, 0.4) is 0 Å². The van der Waals surface area contributed by atoms with E-state index in [1.165, 1.54) is 5.57 Å². The Morgan fingerprint density at radius 3 is 2.15 bits per heavy atom. The number of carbonyl (C=O) groups is 1. The van der Waals surface area contributed by atoms with Crippen LogP contribution in [0, 0.1) is 0 Å². The summed E-state index contributed by atoms with van der Waals surface area (Å²) in [5.74, 6) is 0.344. The fourth-order valence-corrected chi connectivity index (χ4v) is 8.18. The maximum atomic E-state index is 12.5. The van der Waals surface area contributed by atoms with Gasteiger partial charge in [-0.1, -0.05) is 0 Å². The van der Waals surface area contributed by atoms with Crippen LogP contribution in [0.1, 0.15) is 34.1 Å². The average molecular weight is 483 g/mol. The Hall–Kier alpha value is -0.594. The van der Waals surface area contributed by atoms with Crippen molar-refractivity contribution in [1.82, 2.24) is 0 Å². The van der Waals surface area contributed by atoms with Crippen LogP contribution < -0.4 is 4.74 Å². The predicted octanol–water partition coefficient (Wildman–Crippen LogP) is 6.20. The van der Waals surface area contributed by atoms with Crippen LogP contribution in [0.2, 0.25) is 33.0 Å². The van der Waals surface area contributed by atoms with Gasteiger partial charge in [0.15, 0.2) is 0 Å². The number of carbonyl (C=O) groups excluding carboxylic acids is 1. The van der Waals surface area contributed by atoms with Crippen LogP contribution in [-0.4, -0.2) is 38.8 Å². The van der Waals surface area contributed by atoms with Gasteiger partial charge in [0.1, 0.15) is 0 Å². The molecule has 146 valence electrons. The van der Waals surface area contributed by atoms with E-state index in [1.807, 2.05) is 18.2 Å². The minimum absolute atomic E-state index is 0.0971. The third-order valence-corrected chi connectivity index (χ3v) is 13.0. The number of para-hydroxylation sites is 1. The summed E-state index contributed by atoms with van der Waals surface area (Å²) in [7, 11) is -1.99. The van der Waals surface area contributed by atoms with E-state index in [0.29, 0.717) is 5.75 Å². The molecule has 5 heteroatoms.